The summed E-state index contributed by atoms with van der Waals surface area (Å²) >= 11 is 2.85. The number of ether oxygens (including phenoxy) is 1. The lowest BCUT2D eigenvalue weighted by atomic mass is 10.1. The van der Waals surface area contributed by atoms with Crippen LogP contribution < -0.4 is 10.1 Å². The fraction of sp³-hybridized carbons (Fsp3) is 0.133. The molecule has 0 heterocycles. The highest BCUT2D eigenvalue weighted by Gasteiger charge is 2.33. The molecule has 0 saturated heterocycles. The number of benzene rings is 2. The molecule has 0 aliphatic rings. The molecule has 2 aromatic rings. The predicted molar refractivity (Wildman–Crippen MR) is 80.1 cm³/mol. The van der Waals surface area contributed by atoms with Gasteiger partial charge in [-0.25, -0.2) is 0 Å². The summed E-state index contributed by atoms with van der Waals surface area (Å²) in [6, 6.07) is 9.83. The third kappa shape index (κ3) is 3.79. The van der Waals surface area contributed by atoms with Gasteiger partial charge in [0.05, 0.1) is 12.7 Å². The Kier molecular flexibility index (Phi) is 4.75. The zero-order chi connectivity index (χ0) is 16.3. The minimum Gasteiger partial charge on any atom is -0.497 e. The maximum Gasteiger partial charge on any atom is 0.417 e. The summed E-state index contributed by atoms with van der Waals surface area (Å²) in [6.45, 7) is 0. The molecular weight excluding hydrogens is 363 g/mol. The molecule has 0 fully saturated rings. The van der Waals surface area contributed by atoms with E-state index >= 15 is 0 Å². The highest BCUT2D eigenvalue weighted by molar-refractivity contribution is 9.10. The van der Waals surface area contributed by atoms with E-state index in [-0.39, 0.29) is 15.7 Å². The second-order valence-electron chi connectivity index (χ2n) is 4.38. The molecule has 0 unspecified atom stereocenters. The number of carbonyl (C=O) groups excluding carboxylic acids is 1. The van der Waals surface area contributed by atoms with E-state index < -0.39 is 17.6 Å². The summed E-state index contributed by atoms with van der Waals surface area (Å²) in [5, 5.41) is 2.43. The molecule has 7 heteroatoms. The summed E-state index contributed by atoms with van der Waals surface area (Å²) in [5.41, 5.74) is -0.505. The van der Waals surface area contributed by atoms with E-state index in [9.17, 15) is 18.0 Å². The summed E-state index contributed by atoms with van der Waals surface area (Å²) < 4.78 is 43.4. The van der Waals surface area contributed by atoms with Crippen LogP contribution in [0.1, 0.15) is 15.9 Å². The van der Waals surface area contributed by atoms with E-state index in [2.05, 4.69) is 21.2 Å². The van der Waals surface area contributed by atoms with Gasteiger partial charge in [0, 0.05) is 15.7 Å². The predicted octanol–water partition coefficient (Wildman–Crippen LogP) is 4.73. The quantitative estimate of drug-likeness (QED) is 0.844. The number of methoxy groups -OCH3 is 1. The number of amides is 1. The maximum absolute atomic E-state index is 12.8. The highest BCUT2D eigenvalue weighted by Crippen LogP contribution is 2.36. The molecule has 0 saturated carbocycles. The second kappa shape index (κ2) is 6.39. The van der Waals surface area contributed by atoms with Crippen LogP contribution in [0.15, 0.2) is 46.9 Å². The Bertz CT molecular complexity index is 701. The first-order valence-corrected chi connectivity index (χ1v) is 6.92. The van der Waals surface area contributed by atoms with Crippen LogP contribution in [0.2, 0.25) is 0 Å². The molecule has 0 aromatic heterocycles. The van der Waals surface area contributed by atoms with Crippen molar-refractivity contribution in [1.29, 1.82) is 0 Å². The Morgan fingerprint density at radius 3 is 2.55 bits per heavy atom. The van der Waals surface area contributed by atoms with Crippen LogP contribution in [0, 0.1) is 0 Å². The van der Waals surface area contributed by atoms with Crippen LogP contribution in [0.5, 0.6) is 5.75 Å². The smallest absolute Gasteiger partial charge is 0.417 e. The number of rotatable bonds is 3. The van der Waals surface area contributed by atoms with Crippen LogP contribution in [-0.2, 0) is 6.18 Å². The van der Waals surface area contributed by atoms with Crippen molar-refractivity contribution >= 4 is 27.5 Å². The molecule has 2 rings (SSSR count). The number of anilines is 1. The fourth-order valence-electron chi connectivity index (χ4n) is 1.79. The number of nitrogens with one attached hydrogen (secondary N) is 1. The summed E-state index contributed by atoms with van der Waals surface area (Å²) in [4.78, 5) is 12.1. The zero-order valence-electron chi connectivity index (χ0n) is 11.4. The first-order chi connectivity index (χ1) is 10.3. The largest absolute Gasteiger partial charge is 0.497 e. The van der Waals surface area contributed by atoms with Gasteiger partial charge in [-0.15, -0.1) is 0 Å². The summed E-state index contributed by atoms with van der Waals surface area (Å²) in [6.07, 6.45) is -4.50. The van der Waals surface area contributed by atoms with Gasteiger partial charge in [0.15, 0.2) is 0 Å². The first kappa shape index (κ1) is 16.4. The molecule has 0 aliphatic carbocycles. The Labute approximate surface area is 133 Å². The molecule has 1 N–H and O–H groups in total. The van der Waals surface area contributed by atoms with Crippen LogP contribution in [0.3, 0.4) is 0 Å². The van der Waals surface area contributed by atoms with Gasteiger partial charge in [-0.1, -0.05) is 22.0 Å². The van der Waals surface area contributed by atoms with Crippen molar-refractivity contribution in [3.05, 3.63) is 58.1 Å². The van der Waals surface area contributed by atoms with Gasteiger partial charge in [-0.2, -0.15) is 13.2 Å². The van der Waals surface area contributed by atoms with Crippen molar-refractivity contribution in [3.63, 3.8) is 0 Å². The monoisotopic (exact) mass is 373 g/mol. The van der Waals surface area contributed by atoms with E-state index in [1.165, 1.54) is 25.3 Å². The molecule has 1 amide bonds. The lowest BCUT2D eigenvalue weighted by Gasteiger charge is -2.12. The Morgan fingerprint density at radius 2 is 1.91 bits per heavy atom. The maximum atomic E-state index is 12.8. The molecule has 0 spiro atoms. The molecule has 0 radical (unpaired) electrons. The number of hydrogen-bond acceptors (Lipinski definition) is 2. The van der Waals surface area contributed by atoms with Crippen LogP contribution in [-0.4, -0.2) is 13.0 Å². The van der Waals surface area contributed by atoms with Gasteiger partial charge < -0.3 is 10.1 Å². The molecule has 0 aliphatic heterocycles. The van der Waals surface area contributed by atoms with Gasteiger partial charge in [0.2, 0.25) is 0 Å². The topological polar surface area (TPSA) is 38.3 Å². The SMILES string of the molecule is COc1cccc(C(=O)Nc2ccc(Br)c(C(F)(F)F)c2)c1. The molecule has 0 atom stereocenters. The van der Waals surface area contributed by atoms with Crippen molar-refractivity contribution < 1.29 is 22.7 Å². The third-order valence-electron chi connectivity index (χ3n) is 2.86. The minimum absolute atomic E-state index is 0.0587. The molecular formula is C15H11BrF3NO2. The zero-order valence-corrected chi connectivity index (χ0v) is 13.0. The fourth-order valence-corrected chi connectivity index (χ4v) is 2.26. The van der Waals surface area contributed by atoms with Crippen LogP contribution in [0.4, 0.5) is 18.9 Å². The number of carbonyl (C=O) groups is 1. The first-order valence-electron chi connectivity index (χ1n) is 6.13. The number of hydrogen-bond donors (Lipinski definition) is 1. The van der Waals surface area contributed by atoms with E-state index in [0.29, 0.717) is 5.75 Å². The van der Waals surface area contributed by atoms with Crippen molar-refractivity contribution in [2.24, 2.45) is 0 Å². The average molecular weight is 374 g/mol. The van der Waals surface area contributed by atoms with Gasteiger partial charge >= 0.3 is 6.18 Å². The van der Waals surface area contributed by atoms with E-state index in [4.69, 9.17) is 4.74 Å². The van der Waals surface area contributed by atoms with Crippen LogP contribution >= 0.6 is 15.9 Å². The van der Waals surface area contributed by atoms with Crippen LogP contribution in [0.25, 0.3) is 0 Å². The Balaban J connectivity index is 2.25. The van der Waals surface area contributed by atoms with Gasteiger partial charge in [-0.3, -0.25) is 4.79 Å². The van der Waals surface area contributed by atoms with E-state index in [1.807, 2.05) is 0 Å². The molecule has 116 valence electrons. The normalized spacial score (nSPS) is 11.1. The Morgan fingerprint density at radius 1 is 1.18 bits per heavy atom. The second-order valence-corrected chi connectivity index (χ2v) is 5.23. The minimum atomic E-state index is -4.50. The third-order valence-corrected chi connectivity index (χ3v) is 3.55. The van der Waals surface area contributed by atoms with E-state index in [0.717, 1.165) is 6.07 Å². The number of halogens is 4. The van der Waals surface area contributed by atoms with Gasteiger partial charge in [0.1, 0.15) is 5.75 Å². The molecule has 3 nitrogen and oxygen atoms in total. The number of alkyl halides is 3. The van der Waals surface area contributed by atoms with Crippen molar-refractivity contribution in [2.45, 2.75) is 6.18 Å². The van der Waals surface area contributed by atoms with Crippen molar-refractivity contribution in [1.82, 2.24) is 0 Å². The summed E-state index contributed by atoms with van der Waals surface area (Å²) in [7, 11) is 1.46. The standard InChI is InChI=1S/C15H11BrF3NO2/c1-22-11-4-2-3-9(7-11)14(21)20-10-5-6-13(16)12(8-10)15(17,18)19/h2-8H,1H3,(H,20,21). The highest BCUT2D eigenvalue weighted by atomic mass is 79.9. The lowest BCUT2D eigenvalue weighted by molar-refractivity contribution is -0.138. The molecule has 2 aromatic carbocycles. The molecule has 22 heavy (non-hydrogen) atoms. The summed E-state index contributed by atoms with van der Waals surface area (Å²) in [5.74, 6) is -0.0335. The van der Waals surface area contributed by atoms with Crippen molar-refractivity contribution in [2.75, 3.05) is 12.4 Å². The van der Waals surface area contributed by atoms with Gasteiger partial charge in [-0.05, 0) is 36.4 Å². The van der Waals surface area contributed by atoms with Crippen molar-refractivity contribution in [3.8, 4) is 5.75 Å². The van der Waals surface area contributed by atoms with Gasteiger partial charge in [0.25, 0.3) is 5.91 Å². The van der Waals surface area contributed by atoms with E-state index in [1.54, 1.807) is 18.2 Å². The molecule has 0 bridgehead atoms. The lowest BCUT2D eigenvalue weighted by Crippen LogP contribution is -2.13. The Hall–Kier alpha value is -2.02. The average Bonchev–Trinajstić information content (AvgIpc) is 2.48.